The fourth-order valence-corrected chi connectivity index (χ4v) is 4.29. The second kappa shape index (κ2) is 9.70. The Hall–Kier alpha value is -2.58. The average Bonchev–Trinajstić information content (AvgIpc) is 2.94. The molecule has 31 heavy (non-hydrogen) atoms. The molecule has 1 aliphatic heterocycles. The fourth-order valence-electron chi connectivity index (χ4n) is 2.96. The summed E-state index contributed by atoms with van der Waals surface area (Å²) in [6, 6.07) is 11.0. The highest BCUT2D eigenvalue weighted by molar-refractivity contribution is 9.10. The van der Waals surface area contributed by atoms with E-state index in [1.807, 2.05) is 52.0 Å². The molecule has 162 valence electrons. The molecule has 1 N–H and O–H groups in total. The summed E-state index contributed by atoms with van der Waals surface area (Å²) in [5, 5.41) is 2.31. The first-order chi connectivity index (χ1) is 14.7. The number of ether oxygens (including phenoxy) is 1. The van der Waals surface area contributed by atoms with Crippen LogP contribution >= 0.6 is 27.7 Å². The maximum atomic E-state index is 12.7. The van der Waals surface area contributed by atoms with Crippen LogP contribution in [0.2, 0.25) is 0 Å². The Bertz CT molecular complexity index is 1080. The molecule has 1 heterocycles. The number of aryl methyl sites for hydroxylation is 1. The largest absolute Gasteiger partial charge is 0.490 e. The molecule has 6 nitrogen and oxygen atoms in total. The van der Waals surface area contributed by atoms with Gasteiger partial charge in [-0.15, -0.1) is 0 Å². The van der Waals surface area contributed by atoms with Gasteiger partial charge in [-0.05, 0) is 96.4 Å². The van der Waals surface area contributed by atoms with Crippen molar-refractivity contribution in [2.75, 3.05) is 11.9 Å². The molecule has 3 amide bonds. The summed E-state index contributed by atoms with van der Waals surface area (Å²) in [4.78, 5) is 38.8. The first kappa shape index (κ1) is 23.1. The van der Waals surface area contributed by atoms with Crippen molar-refractivity contribution < 1.29 is 19.1 Å². The quantitative estimate of drug-likeness (QED) is 0.525. The number of rotatable bonds is 6. The predicted octanol–water partition coefficient (Wildman–Crippen LogP) is 5.53. The molecule has 2 aromatic carbocycles. The molecule has 3 rings (SSSR count). The van der Waals surface area contributed by atoms with Crippen LogP contribution in [0.25, 0.3) is 6.08 Å². The first-order valence-corrected chi connectivity index (χ1v) is 11.3. The number of thioether (sulfide) groups is 1. The molecule has 2 aromatic rings. The second-order valence-corrected chi connectivity index (χ2v) is 9.27. The van der Waals surface area contributed by atoms with Crippen molar-refractivity contribution in [1.29, 1.82) is 0 Å². The Morgan fingerprint density at radius 2 is 1.97 bits per heavy atom. The molecule has 0 atom stereocenters. The number of nitrogens with one attached hydrogen (secondary N) is 1. The molecule has 0 unspecified atom stereocenters. The van der Waals surface area contributed by atoms with Gasteiger partial charge in [-0.3, -0.25) is 19.3 Å². The van der Waals surface area contributed by atoms with E-state index >= 15 is 0 Å². The third-order valence-electron chi connectivity index (χ3n) is 4.67. The zero-order valence-electron chi connectivity index (χ0n) is 17.7. The van der Waals surface area contributed by atoms with Crippen molar-refractivity contribution >= 4 is 56.5 Å². The molecular weight excluding hydrogens is 480 g/mol. The van der Waals surface area contributed by atoms with Crippen LogP contribution in [-0.2, 0) is 9.59 Å². The molecule has 1 fully saturated rings. The van der Waals surface area contributed by atoms with Crippen LogP contribution in [0.1, 0.15) is 30.5 Å². The lowest BCUT2D eigenvalue weighted by atomic mass is 10.1. The summed E-state index contributed by atoms with van der Waals surface area (Å²) < 4.78 is 6.44. The van der Waals surface area contributed by atoms with Crippen LogP contribution in [0.5, 0.6) is 5.75 Å². The Labute approximate surface area is 194 Å². The summed E-state index contributed by atoms with van der Waals surface area (Å²) in [5.74, 6) is -0.205. The summed E-state index contributed by atoms with van der Waals surface area (Å²) in [7, 11) is 0. The standard InChI is InChI=1S/C23H23BrN2O4S/c1-13(2)30-19-9-8-16(10-17(19)24)11-20-22(28)26(23(29)31-20)12-21(27)25-18-7-5-6-14(3)15(18)4/h5-11,13H,12H2,1-4H3,(H,25,27)/b20-11-. The molecular formula is C23H23BrN2O4S. The summed E-state index contributed by atoms with van der Waals surface area (Å²) in [6.45, 7) is 7.40. The van der Waals surface area contributed by atoms with Gasteiger partial charge in [-0.25, -0.2) is 0 Å². The molecule has 0 saturated carbocycles. The van der Waals surface area contributed by atoms with Gasteiger partial charge in [0.15, 0.2) is 0 Å². The summed E-state index contributed by atoms with van der Waals surface area (Å²) in [5.41, 5.74) is 3.40. The van der Waals surface area contributed by atoms with E-state index < -0.39 is 17.1 Å². The third kappa shape index (κ3) is 5.57. The molecule has 0 spiro atoms. The van der Waals surface area contributed by atoms with E-state index in [-0.39, 0.29) is 17.6 Å². The number of benzene rings is 2. The van der Waals surface area contributed by atoms with E-state index in [1.54, 1.807) is 18.2 Å². The topological polar surface area (TPSA) is 75.7 Å². The second-order valence-electron chi connectivity index (χ2n) is 7.42. The smallest absolute Gasteiger partial charge is 0.294 e. The molecule has 0 aliphatic carbocycles. The average molecular weight is 503 g/mol. The molecule has 1 aliphatic rings. The maximum Gasteiger partial charge on any atom is 0.294 e. The number of carbonyl (C=O) groups is 3. The van der Waals surface area contributed by atoms with Gasteiger partial charge in [-0.2, -0.15) is 0 Å². The minimum Gasteiger partial charge on any atom is -0.490 e. The van der Waals surface area contributed by atoms with Crippen LogP contribution < -0.4 is 10.1 Å². The SMILES string of the molecule is Cc1cccc(NC(=O)CN2C(=O)S/C(=C\c3ccc(OC(C)C)c(Br)c3)C2=O)c1C. The van der Waals surface area contributed by atoms with Gasteiger partial charge < -0.3 is 10.1 Å². The number of halogens is 1. The molecule has 0 bridgehead atoms. The normalized spacial score (nSPS) is 15.2. The monoisotopic (exact) mass is 502 g/mol. The number of hydrogen-bond donors (Lipinski definition) is 1. The van der Waals surface area contributed by atoms with Gasteiger partial charge in [0.25, 0.3) is 11.1 Å². The van der Waals surface area contributed by atoms with Gasteiger partial charge in [0, 0.05) is 5.69 Å². The Kier molecular flexibility index (Phi) is 7.23. The first-order valence-electron chi connectivity index (χ1n) is 9.73. The van der Waals surface area contributed by atoms with Gasteiger partial charge in [0.1, 0.15) is 12.3 Å². The van der Waals surface area contributed by atoms with E-state index in [4.69, 9.17) is 4.74 Å². The highest BCUT2D eigenvalue weighted by Gasteiger charge is 2.36. The van der Waals surface area contributed by atoms with Crippen LogP contribution in [0.3, 0.4) is 0 Å². The van der Waals surface area contributed by atoms with Crippen molar-refractivity contribution in [2.24, 2.45) is 0 Å². The summed E-state index contributed by atoms with van der Waals surface area (Å²) in [6.07, 6.45) is 1.67. The molecule has 1 saturated heterocycles. The van der Waals surface area contributed by atoms with Gasteiger partial charge in [0.2, 0.25) is 5.91 Å². The van der Waals surface area contributed by atoms with Crippen LogP contribution in [0.15, 0.2) is 45.8 Å². The van der Waals surface area contributed by atoms with Crippen molar-refractivity contribution in [3.8, 4) is 5.75 Å². The van der Waals surface area contributed by atoms with E-state index in [1.165, 1.54) is 0 Å². The Balaban J connectivity index is 1.71. The van der Waals surface area contributed by atoms with Crippen LogP contribution in [0, 0.1) is 13.8 Å². The van der Waals surface area contributed by atoms with Crippen LogP contribution in [-0.4, -0.2) is 34.6 Å². The summed E-state index contributed by atoms with van der Waals surface area (Å²) >= 11 is 4.29. The van der Waals surface area contributed by atoms with E-state index in [9.17, 15) is 14.4 Å². The molecule has 0 radical (unpaired) electrons. The van der Waals surface area contributed by atoms with E-state index in [0.717, 1.165) is 37.8 Å². The van der Waals surface area contributed by atoms with Crippen molar-refractivity contribution in [3.05, 3.63) is 62.5 Å². The molecule has 8 heteroatoms. The maximum absolute atomic E-state index is 12.7. The van der Waals surface area contributed by atoms with Crippen molar-refractivity contribution in [2.45, 2.75) is 33.8 Å². The predicted molar refractivity (Wildman–Crippen MR) is 127 cm³/mol. The lowest BCUT2D eigenvalue weighted by Gasteiger charge is -2.14. The minimum absolute atomic E-state index is 0.0355. The van der Waals surface area contributed by atoms with Gasteiger partial charge >= 0.3 is 0 Å². The van der Waals surface area contributed by atoms with E-state index in [0.29, 0.717) is 11.4 Å². The number of imide groups is 1. The van der Waals surface area contributed by atoms with Gasteiger partial charge in [-0.1, -0.05) is 18.2 Å². The number of nitrogens with zero attached hydrogens (tertiary/aromatic N) is 1. The minimum atomic E-state index is -0.482. The zero-order valence-corrected chi connectivity index (χ0v) is 20.1. The van der Waals surface area contributed by atoms with Crippen molar-refractivity contribution in [3.63, 3.8) is 0 Å². The highest BCUT2D eigenvalue weighted by Crippen LogP contribution is 2.34. The van der Waals surface area contributed by atoms with Crippen LogP contribution in [0.4, 0.5) is 10.5 Å². The highest BCUT2D eigenvalue weighted by atomic mass is 79.9. The third-order valence-corrected chi connectivity index (χ3v) is 6.20. The van der Waals surface area contributed by atoms with E-state index in [2.05, 4.69) is 21.2 Å². The molecule has 0 aromatic heterocycles. The van der Waals surface area contributed by atoms with Gasteiger partial charge in [0.05, 0.1) is 15.5 Å². The number of anilines is 1. The zero-order chi connectivity index (χ0) is 22.7. The lowest BCUT2D eigenvalue weighted by molar-refractivity contribution is -0.127. The number of hydrogen-bond acceptors (Lipinski definition) is 5. The number of carbonyl (C=O) groups excluding carboxylic acids is 3. The number of amides is 3. The Morgan fingerprint density at radius 3 is 2.65 bits per heavy atom. The lowest BCUT2D eigenvalue weighted by Crippen LogP contribution is -2.36. The Morgan fingerprint density at radius 1 is 1.23 bits per heavy atom. The fraction of sp³-hybridized carbons (Fsp3) is 0.261. The van der Waals surface area contributed by atoms with Crippen molar-refractivity contribution in [1.82, 2.24) is 4.90 Å².